The predicted octanol–water partition coefficient (Wildman–Crippen LogP) is 4.77. The molecule has 1 aromatic heterocycles. The summed E-state index contributed by atoms with van der Waals surface area (Å²) >= 11 is 0. The maximum absolute atomic E-state index is 11.7. The lowest BCUT2D eigenvalue weighted by Crippen LogP contribution is -2.27. The number of ether oxygens (including phenoxy) is 1. The summed E-state index contributed by atoms with van der Waals surface area (Å²) in [7, 11) is 0. The lowest BCUT2D eigenvalue weighted by atomic mass is 9.89. The second kappa shape index (κ2) is 10.4. The molecule has 6 heteroatoms. The molecule has 4 rings (SSSR count). The Kier molecular flexibility index (Phi) is 6.92. The van der Waals surface area contributed by atoms with Gasteiger partial charge in [0.2, 0.25) is 0 Å². The van der Waals surface area contributed by atoms with E-state index < -0.39 is 12.1 Å². The number of carboxylic acid groups (broad SMARTS) is 1. The molecule has 0 aliphatic carbocycles. The highest BCUT2D eigenvalue weighted by Gasteiger charge is 2.23. The second-order valence-electron chi connectivity index (χ2n) is 7.54. The number of para-hydroxylation sites is 1. The number of rotatable bonds is 10. The summed E-state index contributed by atoms with van der Waals surface area (Å²) in [6.07, 6.45) is 1.84. The molecule has 32 heavy (non-hydrogen) atoms. The molecular weight excluding hydrogens is 402 g/mol. The van der Waals surface area contributed by atoms with Gasteiger partial charge in [-0.3, -0.25) is 0 Å². The first-order valence-corrected chi connectivity index (χ1v) is 10.6. The molecule has 4 aromatic rings. The Morgan fingerprint density at radius 3 is 2.00 bits per heavy atom. The van der Waals surface area contributed by atoms with Crippen molar-refractivity contribution >= 4 is 5.97 Å². The highest BCUT2D eigenvalue weighted by atomic mass is 16.5. The van der Waals surface area contributed by atoms with E-state index in [0.29, 0.717) is 25.1 Å². The van der Waals surface area contributed by atoms with Crippen molar-refractivity contribution < 1.29 is 14.6 Å². The molecule has 1 N–H and O–H groups in total. The SMILES string of the molecule is O=C(O)C(CCCn1nncc1C(c1ccccc1)c1ccccc1)Oc1ccccc1. The van der Waals surface area contributed by atoms with E-state index in [9.17, 15) is 9.90 Å². The van der Waals surface area contributed by atoms with E-state index in [-0.39, 0.29) is 5.92 Å². The number of carboxylic acids is 1. The third-order valence-corrected chi connectivity index (χ3v) is 5.34. The number of aryl methyl sites for hydroxylation is 1. The predicted molar refractivity (Wildman–Crippen MR) is 122 cm³/mol. The van der Waals surface area contributed by atoms with Crippen LogP contribution in [0.3, 0.4) is 0 Å². The zero-order valence-electron chi connectivity index (χ0n) is 17.6. The lowest BCUT2D eigenvalue weighted by Gasteiger charge is -2.20. The summed E-state index contributed by atoms with van der Waals surface area (Å²) in [6.45, 7) is 0.549. The summed E-state index contributed by atoms with van der Waals surface area (Å²) in [5.41, 5.74) is 3.27. The van der Waals surface area contributed by atoms with Crippen molar-refractivity contribution in [1.82, 2.24) is 15.0 Å². The van der Waals surface area contributed by atoms with Crippen molar-refractivity contribution in [3.05, 3.63) is 114 Å². The Balaban J connectivity index is 1.50. The number of carbonyl (C=O) groups is 1. The van der Waals surface area contributed by atoms with Gasteiger partial charge in [0.25, 0.3) is 0 Å². The molecule has 3 aromatic carbocycles. The van der Waals surface area contributed by atoms with Crippen molar-refractivity contribution in [3.8, 4) is 5.75 Å². The largest absolute Gasteiger partial charge is 0.479 e. The lowest BCUT2D eigenvalue weighted by molar-refractivity contribution is -0.145. The van der Waals surface area contributed by atoms with Crippen molar-refractivity contribution in [2.75, 3.05) is 0 Å². The topological polar surface area (TPSA) is 77.2 Å². The summed E-state index contributed by atoms with van der Waals surface area (Å²) in [4.78, 5) is 11.7. The van der Waals surface area contributed by atoms with Crippen molar-refractivity contribution in [3.63, 3.8) is 0 Å². The van der Waals surface area contributed by atoms with Gasteiger partial charge in [-0.15, -0.1) is 5.10 Å². The third kappa shape index (κ3) is 5.21. The molecule has 162 valence electrons. The fourth-order valence-electron chi connectivity index (χ4n) is 3.81. The molecule has 1 heterocycles. The number of aliphatic carboxylic acids is 1. The van der Waals surface area contributed by atoms with Crippen LogP contribution in [-0.4, -0.2) is 32.2 Å². The first kappa shape index (κ1) is 21.3. The summed E-state index contributed by atoms with van der Waals surface area (Å²) in [6, 6.07) is 29.5. The van der Waals surface area contributed by atoms with Crippen LogP contribution in [0.15, 0.2) is 97.2 Å². The molecule has 6 nitrogen and oxygen atoms in total. The Morgan fingerprint density at radius 1 is 0.875 bits per heavy atom. The van der Waals surface area contributed by atoms with Crippen LogP contribution in [0.2, 0.25) is 0 Å². The van der Waals surface area contributed by atoms with Gasteiger partial charge in [0.15, 0.2) is 6.10 Å². The molecule has 0 bridgehead atoms. The molecule has 0 spiro atoms. The molecule has 0 fully saturated rings. The minimum atomic E-state index is -0.973. The standard InChI is InChI=1S/C26H25N3O3/c30-26(31)24(32-22-15-8-3-9-16-22)17-10-18-29-23(19-27-28-29)25(20-11-4-1-5-12-20)21-13-6-2-7-14-21/h1-9,11-16,19,24-25H,10,17-18H2,(H,30,31). The molecular formula is C26H25N3O3. The van der Waals surface area contributed by atoms with Crippen LogP contribution in [0.4, 0.5) is 0 Å². The summed E-state index contributed by atoms with van der Waals surface area (Å²) in [5.74, 6) is -0.433. The number of benzene rings is 3. The number of hydrogen-bond acceptors (Lipinski definition) is 4. The minimum absolute atomic E-state index is 0.0109. The van der Waals surface area contributed by atoms with E-state index in [2.05, 4.69) is 34.6 Å². The van der Waals surface area contributed by atoms with Gasteiger partial charge in [0.05, 0.1) is 17.8 Å². The van der Waals surface area contributed by atoms with Gasteiger partial charge >= 0.3 is 5.97 Å². The van der Waals surface area contributed by atoms with Crippen LogP contribution >= 0.6 is 0 Å². The van der Waals surface area contributed by atoms with E-state index in [4.69, 9.17) is 4.74 Å². The van der Waals surface area contributed by atoms with Gasteiger partial charge < -0.3 is 9.84 Å². The van der Waals surface area contributed by atoms with Crippen LogP contribution in [0, 0.1) is 0 Å². The highest BCUT2D eigenvalue weighted by Crippen LogP contribution is 2.31. The van der Waals surface area contributed by atoms with Gasteiger partial charge in [-0.1, -0.05) is 84.1 Å². The smallest absolute Gasteiger partial charge is 0.344 e. The summed E-state index contributed by atoms with van der Waals surface area (Å²) in [5, 5.41) is 18.0. The number of nitrogens with zero attached hydrogens (tertiary/aromatic N) is 3. The Morgan fingerprint density at radius 2 is 1.44 bits per heavy atom. The molecule has 1 atom stereocenters. The van der Waals surface area contributed by atoms with Gasteiger partial charge in [0, 0.05) is 6.54 Å². The zero-order chi connectivity index (χ0) is 22.2. The minimum Gasteiger partial charge on any atom is -0.479 e. The van der Waals surface area contributed by atoms with Gasteiger partial charge in [0.1, 0.15) is 5.75 Å². The fourth-order valence-corrected chi connectivity index (χ4v) is 3.81. The Bertz CT molecular complexity index is 1080. The Hall–Kier alpha value is -3.93. The third-order valence-electron chi connectivity index (χ3n) is 5.34. The van der Waals surface area contributed by atoms with Crippen molar-refractivity contribution in [1.29, 1.82) is 0 Å². The molecule has 0 radical (unpaired) electrons. The monoisotopic (exact) mass is 427 g/mol. The first-order chi connectivity index (χ1) is 15.7. The van der Waals surface area contributed by atoms with Crippen LogP contribution in [0.25, 0.3) is 0 Å². The highest BCUT2D eigenvalue weighted by molar-refractivity contribution is 5.72. The molecule has 0 aliphatic rings. The summed E-state index contributed by atoms with van der Waals surface area (Å²) < 4.78 is 7.53. The maximum atomic E-state index is 11.7. The quantitative estimate of drug-likeness (QED) is 0.394. The number of hydrogen-bond donors (Lipinski definition) is 1. The average molecular weight is 428 g/mol. The van der Waals surface area contributed by atoms with Crippen LogP contribution in [-0.2, 0) is 11.3 Å². The average Bonchev–Trinajstić information content (AvgIpc) is 3.28. The van der Waals surface area contributed by atoms with Gasteiger partial charge in [-0.05, 0) is 36.1 Å². The molecule has 0 amide bonds. The zero-order valence-corrected chi connectivity index (χ0v) is 17.6. The van der Waals surface area contributed by atoms with E-state index >= 15 is 0 Å². The van der Waals surface area contributed by atoms with Crippen LogP contribution < -0.4 is 4.74 Å². The van der Waals surface area contributed by atoms with Gasteiger partial charge in [-0.25, -0.2) is 9.48 Å². The molecule has 1 unspecified atom stereocenters. The van der Waals surface area contributed by atoms with E-state index in [0.717, 1.165) is 16.8 Å². The number of aromatic nitrogens is 3. The van der Waals surface area contributed by atoms with Crippen molar-refractivity contribution in [2.45, 2.75) is 31.4 Å². The van der Waals surface area contributed by atoms with Crippen LogP contribution in [0.1, 0.15) is 35.6 Å². The maximum Gasteiger partial charge on any atom is 0.344 e. The first-order valence-electron chi connectivity index (χ1n) is 10.6. The molecule has 0 aliphatic heterocycles. The Labute approximate surface area is 187 Å². The van der Waals surface area contributed by atoms with Crippen LogP contribution in [0.5, 0.6) is 5.75 Å². The van der Waals surface area contributed by atoms with Crippen molar-refractivity contribution in [2.24, 2.45) is 0 Å². The molecule has 0 saturated carbocycles. The fraction of sp³-hybridized carbons (Fsp3) is 0.192. The van der Waals surface area contributed by atoms with E-state index in [1.54, 1.807) is 18.3 Å². The second-order valence-corrected chi connectivity index (χ2v) is 7.54. The van der Waals surface area contributed by atoms with Gasteiger partial charge in [-0.2, -0.15) is 0 Å². The normalized spacial score (nSPS) is 11.9. The van der Waals surface area contributed by atoms with E-state index in [1.165, 1.54) is 0 Å². The van der Waals surface area contributed by atoms with E-state index in [1.807, 2.05) is 59.3 Å². The molecule has 0 saturated heterocycles.